The maximum absolute atomic E-state index is 9.37. The Hall–Kier alpha value is -0.200. The van der Waals surface area contributed by atoms with Gasteiger partial charge in [0.2, 0.25) is 0 Å². The van der Waals surface area contributed by atoms with Gasteiger partial charge in [0.05, 0.1) is 13.2 Å². The Morgan fingerprint density at radius 3 is 2.50 bits per heavy atom. The standard InChI is InChI=1S/C7H14O5/c1-7(3-8)6(11)5(10)4(9)2-12-7/h4-6,8-11H,2-3H2,1H3/t4-,5+,6?,7?/m1/s1. The van der Waals surface area contributed by atoms with E-state index in [9.17, 15) is 10.2 Å². The smallest absolute Gasteiger partial charge is 0.117 e. The van der Waals surface area contributed by atoms with Crippen LogP contribution in [-0.2, 0) is 4.74 Å². The van der Waals surface area contributed by atoms with Crippen LogP contribution in [0.25, 0.3) is 0 Å². The lowest BCUT2D eigenvalue weighted by molar-refractivity contribution is -0.239. The molecule has 0 aromatic rings. The van der Waals surface area contributed by atoms with Crippen molar-refractivity contribution in [3.05, 3.63) is 0 Å². The van der Waals surface area contributed by atoms with E-state index in [0.717, 1.165) is 0 Å². The highest BCUT2D eigenvalue weighted by atomic mass is 16.5. The fourth-order valence-electron chi connectivity index (χ4n) is 1.17. The average Bonchev–Trinajstić information content (AvgIpc) is 2.09. The van der Waals surface area contributed by atoms with Crippen LogP contribution in [0.2, 0.25) is 0 Å². The minimum Gasteiger partial charge on any atom is -0.393 e. The summed E-state index contributed by atoms with van der Waals surface area (Å²) in [5, 5.41) is 36.5. The van der Waals surface area contributed by atoms with Gasteiger partial charge in [0.15, 0.2) is 0 Å². The van der Waals surface area contributed by atoms with Crippen molar-refractivity contribution < 1.29 is 25.2 Å². The van der Waals surface area contributed by atoms with Crippen LogP contribution in [0.1, 0.15) is 6.92 Å². The van der Waals surface area contributed by atoms with E-state index in [2.05, 4.69) is 0 Å². The summed E-state index contributed by atoms with van der Waals surface area (Å²) in [6.45, 7) is 1.01. The van der Waals surface area contributed by atoms with Crippen LogP contribution in [0.15, 0.2) is 0 Å². The van der Waals surface area contributed by atoms with Crippen molar-refractivity contribution in [3.63, 3.8) is 0 Å². The molecule has 72 valence electrons. The van der Waals surface area contributed by atoms with Gasteiger partial charge in [-0.05, 0) is 6.92 Å². The number of aliphatic hydroxyl groups is 4. The zero-order chi connectivity index (χ0) is 9.35. The van der Waals surface area contributed by atoms with E-state index in [1.165, 1.54) is 6.92 Å². The normalized spacial score (nSPS) is 49.2. The molecular formula is C7H14O5. The second kappa shape index (κ2) is 3.27. The molecule has 1 rings (SSSR count). The molecule has 1 fully saturated rings. The summed E-state index contributed by atoms with van der Waals surface area (Å²) in [4.78, 5) is 0. The van der Waals surface area contributed by atoms with Gasteiger partial charge in [0.1, 0.15) is 23.9 Å². The molecule has 0 radical (unpaired) electrons. The first-order valence-electron chi connectivity index (χ1n) is 3.80. The Bertz CT molecular complexity index is 162. The van der Waals surface area contributed by atoms with Gasteiger partial charge in [-0.3, -0.25) is 0 Å². The second-order valence-electron chi connectivity index (χ2n) is 3.28. The van der Waals surface area contributed by atoms with Crippen LogP contribution in [0.5, 0.6) is 0 Å². The number of rotatable bonds is 1. The molecule has 1 aliphatic rings. The quantitative estimate of drug-likeness (QED) is 0.367. The van der Waals surface area contributed by atoms with E-state index in [1.807, 2.05) is 0 Å². The molecule has 0 bridgehead atoms. The molecule has 0 amide bonds. The lowest BCUT2D eigenvalue weighted by atomic mass is 9.90. The number of hydrogen-bond donors (Lipinski definition) is 4. The first-order valence-corrected chi connectivity index (χ1v) is 3.80. The van der Waals surface area contributed by atoms with Crippen LogP contribution in [-0.4, -0.2) is 57.6 Å². The Labute approximate surface area is 70.2 Å². The summed E-state index contributed by atoms with van der Waals surface area (Å²) in [6.07, 6.45) is -3.60. The number of hydrogen-bond acceptors (Lipinski definition) is 5. The van der Waals surface area contributed by atoms with E-state index in [-0.39, 0.29) is 6.61 Å². The van der Waals surface area contributed by atoms with Crippen LogP contribution >= 0.6 is 0 Å². The highest BCUT2D eigenvalue weighted by Gasteiger charge is 2.45. The topological polar surface area (TPSA) is 90.2 Å². The third-order valence-electron chi connectivity index (χ3n) is 2.24. The minimum absolute atomic E-state index is 0.0741. The fraction of sp³-hybridized carbons (Fsp3) is 1.00. The molecule has 0 aliphatic carbocycles. The third-order valence-corrected chi connectivity index (χ3v) is 2.24. The Morgan fingerprint density at radius 2 is 2.00 bits per heavy atom. The van der Waals surface area contributed by atoms with Gasteiger partial charge in [0.25, 0.3) is 0 Å². The molecule has 0 aromatic heterocycles. The van der Waals surface area contributed by atoms with Gasteiger partial charge < -0.3 is 25.2 Å². The molecule has 12 heavy (non-hydrogen) atoms. The zero-order valence-electron chi connectivity index (χ0n) is 6.84. The maximum Gasteiger partial charge on any atom is 0.117 e. The lowest BCUT2D eigenvalue weighted by Crippen LogP contribution is -2.60. The molecule has 0 aromatic carbocycles. The van der Waals surface area contributed by atoms with Gasteiger partial charge in [-0.25, -0.2) is 0 Å². The molecule has 2 unspecified atom stereocenters. The van der Waals surface area contributed by atoms with E-state index < -0.39 is 30.5 Å². The third kappa shape index (κ3) is 1.46. The zero-order valence-corrected chi connectivity index (χ0v) is 6.84. The Morgan fingerprint density at radius 1 is 1.42 bits per heavy atom. The SMILES string of the molecule is CC1(CO)OC[C@@H](O)[C@H](O)C1O. The second-order valence-corrected chi connectivity index (χ2v) is 3.28. The molecule has 4 N–H and O–H groups in total. The van der Waals surface area contributed by atoms with E-state index >= 15 is 0 Å². The maximum atomic E-state index is 9.37. The van der Waals surface area contributed by atoms with Crippen LogP contribution in [0.4, 0.5) is 0 Å². The summed E-state index contributed by atoms with van der Waals surface area (Å²) in [6, 6.07) is 0. The molecule has 0 saturated carbocycles. The first kappa shape index (κ1) is 9.88. The van der Waals surface area contributed by atoms with Crippen molar-refractivity contribution in [1.82, 2.24) is 0 Å². The summed E-state index contributed by atoms with van der Waals surface area (Å²) < 4.78 is 5.00. The Kier molecular flexibility index (Phi) is 2.70. The van der Waals surface area contributed by atoms with Crippen molar-refractivity contribution in [1.29, 1.82) is 0 Å². The average molecular weight is 178 g/mol. The van der Waals surface area contributed by atoms with Crippen molar-refractivity contribution in [2.24, 2.45) is 0 Å². The molecule has 1 aliphatic heterocycles. The molecule has 5 nitrogen and oxygen atoms in total. The van der Waals surface area contributed by atoms with Crippen LogP contribution < -0.4 is 0 Å². The summed E-state index contributed by atoms with van der Waals surface area (Å²) in [5.41, 5.74) is -1.17. The summed E-state index contributed by atoms with van der Waals surface area (Å²) in [7, 11) is 0. The highest BCUT2D eigenvalue weighted by Crippen LogP contribution is 2.24. The largest absolute Gasteiger partial charge is 0.393 e. The van der Waals surface area contributed by atoms with Crippen LogP contribution in [0.3, 0.4) is 0 Å². The molecule has 5 heteroatoms. The van der Waals surface area contributed by atoms with Crippen molar-refractivity contribution in [2.75, 3.05) is 13.2 Å². The van der Waals surface area contributed by atoms with Crippen molar-refractivity contribution in [3.8, 4) is 0 Å². The number of ether oxygens (including phenoxy) is 1. The fourth-order valence-corrected chi connectivity index (χ4v) is 1.17. The van der Waals surface area contributed by atoms with Crippen molar-refractivity contribution >= 4 is 0 Å². The van der Waals surface area contributed by atoms with E-state index in [0.29, 0.717) is 0 Å². The lowest BCUT2D eigenvalue weighted by Gasteiger charge is -2.41. The molecule has 1 saturated heterocycles. The molecule has 1 heterocycles. The predicted molar refractivity (Wildman–Crippen MR) is 39.5 cm³/mol. The summed E-state index contributed by atoms with van der Waals surface area (Å²) >= 11 is 0. The van der Waals surface area contributed by atoms with Crippen LogP contribution in [0, 0.1) is 0 Å². The highest BCUT2D eigenvalue weighted by molar-refractivity contribution is 4.95. The number of aliphatic hydroxyl groups excluding tert-OH is 4. The van der Waals surface area contributed by atoms with Gasteiger partial charge >= 0.3 is 0 Å². The van der Waals surface area contributed by atoms with E-state index in [1.54, 1.807) is 0 Å². The molecule has 4 atom stereocenters. The van der Waals surface area contributed by atoms with E-state index in [4.69, 9.17) is 14.9 Å². The van der Waals surface area contributed by atoms with Crippen molar-refractivity contribution in [2.45, 2.75) is 30.8 Å². The molecule has 0 spiro atoms. The van der Waals surface area contributed by atoms with Gasteiger partial charge in [-0.1, -0.05) is 0 Å². The molecular weight excluding hydrogens is 164 g/mol. The summed E-state index contributed by atoms with van der Waals surface area (Å²) in [5.74, 6) is 0. The Balaban J connectivity index is 2.71. The predicted octanol–water partition coefficient (Wildman–Crippen LogP) is -2.15. The minimum atomic E-state index is -1.26. The first-order chi connectivity index (χ1) is 5.51. The van der Waals surface area contributed by atoms with Gasteiger partial charge in [-0.2, -0.15) is 0 Å². The van der Waals surface area contributed by atoms with Gasteiger partial charge in [-0.15, -0.1) is 0 Å². The monoisotopic (exact) mass is 178 g/mol. The van der Waals surface area contributed by atoms with Gasteiger partial charge in [0, 0.05) is 0 Å².